The second-order valence-electron chi connectivity index (χ2n) is 3.91. The van der Waals surface area contributed by atoms with E-state index in [9.17, 15) is 9.59 Å². The maximum Gasteiger partial charge on any atom is 0.317 e. The molecule has 1 N–H and O–H groups in total. The van der Waals surface area contributed by atoms with Crippen LogP contribution in [0.4, 0.5) is 0 Å². The van der Waals surface area contributed by atoms with Crippen LogP contribution in [0.2, 0.25) is 5.02 Å². The highest BCUT2D eigenvalue weighted by Crippen LogP contribution is 2.32. The van der Waals surface area contributed by atoms with E-state index in [0.717, 1.165) is 5.39 Å². The molecular weight excluding hydrogens is 242 g/mol. The van der Waals surface area contributed by atoms with E-state index < -0.39 is 11.9 Å². The van der Waals surface area contributed by atoms with Gasteiger partial charge in [-0.15, -0.1) is 0 Å². The first kappa shape index (κ1) is 10.4. The smallest absolute Gasteiger partial charge is 0.317 e. The van der Waals surface area contributed by atoms with Crippen molar-refractivity contribution in [1.29, 1.82) is 0 Å². The fraction of sp³-hybridized carbons (Fsp3) is 0.167. The number of hydrogen-bond donors (Lipinski definition) is 1. The summed E-state index contributed by atoms with van der Waals surface area (Å²) in [4.78, 5) is 25.8. The summed E-state index contributed by atoms with van der Waals surface area (Å²) in [5, 5.41) is 1.08. The fourth-order valence-corrected chi connectivity index (χ4v) is 2.35. The first-order chi connectivity index (χ1) is 8.18. The lowest BCUT2D eigenvalue weighted by Gasteiger charge is -2.25. The number of cyclic esters (lactones) is 1. The number of pyridine rings is 1. The van der Waals surface area contributed by atoms with Crippen molar-refractivity contribution in [3.8, 4) is 0 Å². The number of H-pyrrole nitrogens is 1. The molecular formula is C12H8ClNO3. The SMILES string of the molecule is O=C1OCC1c1c(Cl)c2ccccc2[nH]c1=O. The summed E-state index contributed by atoms with van der Waals surface area (Å²) in [5.41, 5.74) is 0.649. The predicted octanol–water partition coefficient (Wildman–Crippen LogP) is 1.82. The number of carbonyl (C=O) groups is 1. The summed E-state index contributed by atoms with van der Waals surface area (Å²) in [7, 11) is 0. The van der Waals surface area contributed by atoms with Crippen molar-refractivity contribution >= 4 is 28.5 Å². The highest BCUT2D eigenvalue weighted by Gasteiger charge is 2.36. The van der Waals surface area contributed by atoms with Gasteiger partial charge >= 0.3 is 5.97 Å². The van der Waals surface area contributed by atoms with Crippen LogP contribution in [-0.4, -0.2) is 17.6 Å². The van der Waals surface area contributed by atoms with Crippen molar-refractivity contribution in [2.45, 2.75) is 5.92 Å². The maximum atomic E-state index is 11.9. The van der Waals surface area contributed by atoms with Crippen molar-refractivity contribution in [2.24, 2.45) is 0 Å². The Morgan fingerprint density at radius 2 is 2.06 bits per heavy atom. The minimum Gasteiger partial charge on any atom is -0.464 e. The predicted molar refractivity (Wildman–Crippen MR) is 63.3 cm³/mol. The lowest BCUT2D eigenvalue weighted by atomic mass is 9.96. The van der Waals surface area contributed by atoms with Crippen molar-refractivity contribution in [3.05, 3.63) is 45.2 Å². The van der Waals surface area contributed by atoms with Gasteiger partial charge in [-0.25, -0.2) is 0 Å². The summed E-state index contributed by atoms with van der Waals surface area (Å²) in [6.07, 6.45) is 0. The van der Waals surface area contributed by atoms with Gasteiger partial charge in [0.25, 0.3) is 5.56 Å². The Hall–Kier alpha value is -1.81. The topological polar surface area (TPSA) is 59.2 Å². The Balaban J connectivity index is 2.31. The van der Waals surface area contributed by atoms with Crippen LogP contribution >= 0.6 is 11.6 Å². The van der Waals surface area contributed by atoms with Crippen LogP contribution in [0.5, 0.6) is 0 Å². The molecule has 1 atom stereocenters. The molecule has 0 spiro atoms. The molecule has 3 rings (SSSR count). The molecule has 1 aliphatic heterocycles. The van der Waals surface area contributed by atoms with Gasteiger partial charge in [-0.05, 0) is 6.07 Å². The van der Waals surface area contributed by atoms with Crippen molar-refractivity contribution in [1.82, 2.24) is 4.98 Å². The molecule has 0 aliphatic carbocycles. The van der Waals surface area contributed by atoms with Gasteiger partial charge in [0.05, 0.1) is 10.6 Å². The molecule has 2 heterocycles. The maximum absolute atomic E-state index is 11.9. The standard InChI is InChI=1S/C12H8ClNO3/c13-10-6-3-1-2-4-8(6)14-11(15)9(10)7-5-17-12(7)16/h1-4,7H,5H2,(H,14,15). The number of carbonyl (C=O) groups excluding carboxylic acids is 1. The third kappa shape index (κ3) is 1.45. The van der Waals surface area contributed by atoms with Crippen LogP contribution < -0.4 is 5.56 Å². The third-order valence-corrected chi connectivity index (χ3v) is 3.33. The summed E-state index contributed by atoms with van der Waals surface area (Å²) >= 11 is 6.19. The van der Waals surface area contributed by atoms with Crippen molar-refractivity contribution < 1.29 is 9.53 Å². The second-order valence-corrected chi connectivity index (χ2v) is 4.29. The van der Waals surface area contributed by atoms with Crippen molar-refractivity contribution in [2.75, 3.05) is 6.61 Å². The van der Waals surface area contributed by atoms with Gasteiger partial charge in [0.15, 0.2) is 0 Å². The molecule has 1 aromatic heterocycles. The van der Waals surface area contributed by atoms with E-state index in [1.807, 2.05) is 12.1 Å². The molecule has 1 fully saturated rings. The molecule has 1 aliphatic rings. The average molecular weight is 250 g/mol. The van der Waals surface area contributed by atoms with Crippen LogP contribution in [0, 0.1) is 0 Å². The van der Waals surface area contributed by atoms with E-state index in [4.69, 9.17) is 11.6 Å². The largest absolute Gasteiger partial charge is 0.464 e. The number of hydrogen-bond acceptors (Lipinski definition) is 3. The Bertz CT molecular complexity index is 677. The van der Waals surface area contributed by atoms with Crippen LogP contribution in [0.1, 0.15) is 11.5 Å². The van der Waals surface area contributed by atoms with Gasteiger partial charge in [0.2, 0.25) is 0 Å². The van der Waals surface area contributed by atoms with Crippen LogP contribution in [-0.2, 0) is 9.53 Å². The van der Waals surface area contributed by atoms with Gasteiger partial charge in [0, 0.05) is 10.9 Å². The number of nitrogens with one attached hydrogen (secondary N) is 1. The van der Waals surface area contributed by atoms with Crippen LogP contribution in [0.3, 0.4) is 0 Å². The Morgan fingerprint density at radius 3 is 2.71 bits per heavy atom. The zero-order valence-corrected chi connectivity index (χ0v) is 9.45. The number of aromatic amines is 1. The lowest BCUT2D eigenvalue weighted by molar-refractivity contribution is -0.161. The normalized spacial score (nSPS) is 18.9. The van der Waals surface area contributed by atoms with Gasteiger partial charge in [-0.1, -0.05) is 29.8 Å². The zero-order chi connectivity index (χ0) is 12.0. The van der Waals surface area contributed by atoms with E-state index in [-0.39, 0.29) is 12.2 Å². The monoisotopic (exact) mass is 249 g/mol. The quantitative estimate of drug-likeness (QED) is 0.785. The summed E-state index contributed by atoms with van der Waals surface area (Å²) in [6.45, 7) is 0.222. The summed E-state index contributed by atoms with van der Waals surface area (Å²) < 4.78 is 4.67. The van der Waals surface area contributed by atoms with Crippen molar-refractivity contribution in [3.63, 3.8) is 0 Å². The van der Waals surface area contributed by atoms with E-state index in [1.165, 1.54) is 0 Å². The Morgan fingerprint density at radius 1 is 1.29 bits per heavy atom. The number of ether oxygens (including phenoxy) is 1. The molecule has 2 aromatic rings. The molecule has 5 heteroatoms. The van der Waals surface area contributed by atoms with E-state index in [2.05, 4.69) is 9.72 Å². The van der Waals surface area contributed by atoms with E-state index in [1.54, 1.807) is 12.1 Å². The Kier molecular flexibility index (Phi) is 2.19. The summed E-state index contributed by atoms with van der Waals surface area (Å²) in [5.74, 6) is -0.927. The molecule has 0 bridgehead atoms. The highest BCUT2D eigenvalue weighted by molar-refractivity contribution is 6.36. The summed E-state index contributed by atoms with van der Waals surface area (Å²) in [6, 6.07) is 7.22. The second kappa shape index (κ2) is 3.60. The number of para-hydroxylation sites is 1. The number of rotatable bonds is 1. The lowest BCUT2D eigenvalue weighted by Crippen LogP contribution is -2.36. The molecule has 1 saturated heterocycles. The number of halogens is 1. The molecule has 0 saturated carbocycles. The van der Waals surface area contributed by atoms with Gasteiger partial charge in [0.1, 0.15) is 12.5 Å². The Labute approximate surface area is 101 Å². The molecule has 0 radical (unpaired) electrons. The minimum absolute atomic E-state index is 0.222. The minimum atomic E-state index is -0.532. The van der Waals surface area contributed by atoms with Gasteiger partial charge in [-0.2, -0.15) is 0 Å². The molecule has 86 valence electrons. The van der Waals surface area contributed by atoms with Gasteiger partial charge in [-0.3, -0.25) is 9.59 Å². The fourth-order valence-electron chi connectivity index (χ4n) is 1.97. The highest BCUT2D eigenvalue weighted by atomic mass is 35.5. The average Bonchev–Trinajstić information content (AvgIpc) is 2.32. The number of fused-ring (bicyclic) bond motifs is 1. The molecule has 17 heavy (non-hydrogen) atoms. The first-order valence-corrected chi connectivity index (χ1v) is 5.53. The molecule has 4 nitrogen and oxygen atoms in total. The number of esters is 1. The third-order valence-electron chi connectivity index (χ3n) is 2.92. The van der Waals surface area contributed by atoms with E-state index >= 15 is 0 Å². The van der Waals surface area contributed by atoms with Crippen LogP contribution in [0.15, 0.2) is 29.1 Å². The van der Waals surface area contributed by atoms with Gasteiger partial charge < -0.3 is 9.72 Å². The molecule has 0 amide bonds. The number of benzene rings is 1. The zero-order valence-electron chi connectivity index (χ0n) is 8.70. The first-order valence-electron chi connectivity index (χ1n) is 5.15. The van der Waals surface area contributed by atoms with E-state index in [0.29, 0.717) is 16.1 Å². The molecule has 1 aromatic carbocycles. The van der Waals surface area contributed by atoms with Crippen LogP contribution in [0.25, 0.3) is 10.9 Å². The molecule has 1 unspecified atom stereocenters. The number of aromatic nitrogens is 1.